The smallest absolute Gasteiger partial charge is 0.262 e. The predicted molar refractivity (Wildman–Crippen MR) is 226 cm³/mol. The summed E-state index contributed by atoms with van der Waals surface area (Å²) in [5, 5.41) is 6.57. The molecule has 0 spiro atoms. The van der Waals surface area contributed by atoms with Crippen molar-refractivity contribution in [1.82, 2.24) is 20.1 Å². The first-order chi connectivity index (χ1) is 28.7. The number of hydrogen-bond acceptors (Lipinski definition) is 9. The van der Waals surface area contributed by atoms with Crippen molar-refractivity contribution in [2.24, 2.45) is 5.92 Å². The number of hydrogen-bond donors (Lipinski definition) is 2. The van der Waals surface area contributed by atoms with Gasteiger partial charge in [-0.3, -0.25) is 44.0 Å². The first kappa shape index (κ1) is 39.5. The summed E-state index contributed by atoms with van der Waals surface area (Å²) < 4.78 is 0. The predicted octanol–water partition coefficient (Wildman–Crippen LogP) is 7.95. The Morgan fingerprint density at radius 1 is 0.814 bits per heavy atom. The number of unbranched alkanes of at least 4 members (excludes halogenated alkanes) is 1. The molecule has 0 bridgehead atoms. The molecule has 4 heterocycles. The highest BCUT2D eigenvalue weighted by Gasteiger charge is 2.45. The SMILES string of the molecule is CCC(=O)c1cnc2ccc(-c3ccc(C(=O)CCCCN4CCC(Cc5cccc6c5C(=O)N(C5CCC(=O)NC5=O)C6=O)CC4)cc3)cc2c1Nc1ccccc1. The van der Waals surface area contributed by atoms with E-state index in [1.165, 1.54) is 0 Å². The lowest BCUT2D eigenvalue weighted by molar-refractivity contribution is -0.136. The molecule has 59 heavy (non-hydrogen) atoms. The largest absolute Gasteiger partial charge is 0.354 e. The van der Waals surface area contributed by atoms with E-state index in [2.05, 4.69) is 26.6 Å². The number of imide groups is 2. The lowest BCUT2D eigenvalue weighted by Crippen LogP contribution is -2.54. The molecular weight excluding hydrogens is 743 g/mol. The molecule has 0 saturated carbocycles. The molecule has 2 saturated heterocycles. The summed E-state index contributed by atoms with van der Waals surface area (Å²) in [7, 11) is 0. The molecule has 11 nitrogen and oxygen atoms in total. The van der Waals surface area contributed by atoms with Gasteiger partial charge < -0.3 is 10.2 Å². The minimum atomic E-state index is -0.973. The van der Waals surface area contributed by atoms with Gasteiger partial charge in [-0.15, -0.1) is 0 Å². The lowest BCUT2D eigenvalue weighted by Gasteiger charge is -2.32. The van der Waals surface area contributed by atoms with Crippen molar-refractivity contribution in [3.05, 3.63) is 125 Å². The van der Waals surface area contributed by atoms with Crippen molar-refractivity contribution >= 4 is 57.5 Å². The molecule has 0 radical (unpaired) electrons. The molecule has 4 aromatic carbocycles. The number of nitrogens with zero attached hydrogens (tertiary/aromatic N) is 3. The van der Waals surface area contributed by atoms with Gasteiger partial charge in [-0.25, -0.2) is 0 Å². The Hall–Kier alpha value is -6.33. The number of rotatable bonds is 14. The number of anilines is 2. The average molecular weight is 790 g/mol. The molecule has 1 unspecified atom stereocenters. The highest BCUT2D eigenvalue weighted by Crippen LogP contribution is 2.35. The van der Waals surface area contributed by atoms with Crippen LogP contribution >= 0.6 is 0 Å². The minimum Gasteiger partial charge on any atom is -0.354 e. The van der Waals surface area contributed by atoms with Crippen LogP contribution in [0.25, 0.3) is 22.0 Å². The monoisotopic (exact) mass is 789 g/mol. The molecule has 0 aliphatic carbocycles. The zero-order valence-corrected chi connectivity index (χ0v) is 33.2. The van der Waals surface area contributed by atoms with E-state index < -0.39 is 29.7 Å². The Morgan fingerprint density at radius 3 is 2.32 bits per heavy atom. The second-order valence-electron chi connectivity index (χ2n) is 15.8. The second kappa shape index (κ2) is 17.3. The topological polar surface area (TPSA) is 146 Å². The van der Waals surface area contributed by atoms with Gasteiger partial charge in [-0.1, -0.05) is 67.6 Å². The van der Waals surface area contributed by atoms with E-state index in [1.807, 2.05) is 79.7 Å². The first-order valence-electron chi connectivity index (χ1n) is 20.7. The molecule has 300 valence electrons. The third-order valence-electron chi connectivity index (χ3n) is 12.0. The zero-order valence-electron chi connectivity index (χ0n) is 33.2. The number of aromatic nitrogens is 1. The van der Waals surface area contributed by atoms with Crippen LogP contribution in [0.5, 0.6) is 0 Å². The Morgan fingerprint density at radius 2 is 1.58 bits per heavy atom. The van der Waals surface area contributed by atoms with Crippen LogP contribution in [0, 0.1) is 5.92 Å². The molecule has 2 N–H and O–H groups in total. The second-order valence-corrected chi connectivity index (χ2v) is 15.8. The maximum absolute atomic E-state index is 13.5. The van der Waals surface area contributed by atoms with Gasteiger partial charge in [-0.2, -0.15) is 0 Å². The molecular formula is C48H47N5O6. The summed E-state index contributed by atoms with van der Waals surface area (Å²) in [5.74, 6) is -1.43. The Labute approximate surface area is 343 Å². The van der Waals surface area contributed by atoms with Crippen molar-refractivity contribution in [3.8, 4) is 11.1 Å². The van der Waals surface area contributed by atoms with E-state index in [9.17, 15) is 28.8 Å². The van der Waals surface area contributed by atoms with Gasteiger partial charge >= 0.3 is 0 Å². The van der Waals surface area contributed by atoms with Gasteiger partial charge in [0, 0.05) is 42.1 Å². The van der Waals surface area contributed by atoms with Gasteiger partial charge in [-0.05, 0) is 111 Å². The van der Waals surface area contributed by atoms with Gasteiger partial charge in [0.15, 0.2) is 11.6 Å². The number of pyridine rings is 1. The summed E-state index contributed by atoms with van der Waals surface area (Å²) >= 11 is 0. The third kappa shape index (κ3) is 8.33. The van der Waals surface area contributed by atoms with E-state index in [0.29, 0.717) is 47.4 Å². The van der Waals surface area contributed by atoms with Crippen LogP contribution in [0.2, 0.25) is 0 Å². The minimum absolute atomic E-state index is 0.0150. The molecule has 8 rings (SSSR count). The standard InChI is InChI=1S/C48H47N5O6/c1-2-41(54)38-29-49-39-19-18-33(28-37(39)45(38)50-35-10-4-3-5-11-35)31-14-16-32(17-15-31)42(55)13-6-7-24-52-25-22-30(23-26-52)27-34-9-8-12-36-44(34)48(59)53(47(36)58)40-20-21-43(56)51-46(40)57/h3-5,8-12,14-19,28-30,40H,2,6-7,13,20-27H2,1H3,(H,49,50)(H,51,56,57). The highest BCUT2D eigenvalue weighted by atomic mass is 16.2. The van der Waals surface area contributed by atoms with E-state index in [0.717, 1.165) is 89.2 Å². The number of nitrogens with one attached hydrogen (secondary N) is 2. The van der Waals surface area contributed by atoms with Gasteiger partial charge in [0.25, 0.3) is 11.8 Å². The number of likely N-dealkylation sites (tertiary alicyclic amines) is 1. The fraction of sp³-hybridized carbons (Fsp3) is 0.312. The average Bonchev–Trinajstić information content (AvgIpc) is 3.51. The Bertz CT molecular complexity index is 2460. The summed E-state index contributed by atoms with van der Waals surface area (Å²) in [4.78, 5) is 85.2. The van der Waals surface area contributed by atoms with E-state index in [-0.39, 0.29) is 24.4 Å². The molecule has 5 aromatic rings. The van der Waals surface area contributed by atoms with E-state index in [1.54, 1.807) is 18.3 Å². The van der Waals surface area contributed by atoms with Crippen LogP contribution in [0.4, 0.5) is 11.4 Å². The molecule has 2 fully saturated rings. The van der Waals surface area contributed by atoms with Crippen LogP contribution in [-0.2, 0) is 16.0 Å². The number of piperidine rings is 2. The molecule has 1 atom stereocenters. The molecule has 1 aromatic heterocycles. The summed E-state index contributed by atoms with van der Waals surface area (Å²) in [6.07, 6.45) is 7.04. The number of fused-ring (bicyclic) bond motifs is 2. The van der Waals surface area contributed by atoms with Crippen LogP contribution < -0.4 is 10.6 Å². The molecule has 11 heteroatoms. The third-order valence-corrected chi connectivity index (χ3v) is 12.0. The Balaban J connectivity index is 0.824. The molecule has 3 aliphatic heterocycles. The van der Waals surface area contributed by atoms with Crippen molar-refractivity contribution in [2.45, 2.75) is 70.8 Å². The zero-order chi connectivity index (χ0) is 41.0. The lowest BCUT2D eigenvalue weighted by atomic mass is 9.87. The van der Waals surface area contributed by atoms with Crippen molar-refractivity contribution in [3.63, 3.8) is 0 Å². The number of para-hydroxylation sites is 1. The van der Waals surface area contributed by atoms with Crippen molar-refractivity contribution < 1.29 is 28.8 Å². The Kier molecular flexibility index (Phi) is 11.6. The van der Waals surface area contributed by atoms with Crippen LogP contribution in [0.1, 0.15) is 105 Å². The fourth-order valence-corrected chi connectivity index (χ4v) is 8.67. The normalized spacial score (nSPS) is 17.3. The fourth-order valence-electron chi connectivity index (χ4n) is 8.67. The van der Waals surface area contributed by atoms with E-state index in [4.69, 9.17) is 0 Å². The quantitative estimate of drug-likeness (QED) is 0.0651. The van der Waals surface area contributed by atoms with Crippen molar-refractivity contribution in [1.29, 1.82) is 0 Å². The maximum Gasteiger partial charge on any atom is 0.262 e. The summed E-state index contributed by atoms with van der Waals surface area (Å²) in [6, 6.07) is 27.9. The van der Waals surface area contributed by atoms with Gasteiger partial charge in [0.1, 0.15) is 6.04 Å². The van der Waals surface area contributed by atoms with Crippen LogP contribution in [0.15, 0.2) is 97.2 Å². The maximum atomic E-state index is 13.5. The van der Waals surface area contributed by atoms with Gasteiger partial charge in [0.05, 0.1) is 27.9 Å². The number of benzene rings is 4. The number of carbonyl (C=O) groups is 6. The molecule has 3 aliphatic rings. The number of carbonyl (C=O) groups excluding carboxylic acids is 6. The summed E-state index contributed by atoms with van der Waals surface area (Å²) in [6.45, 7) is 4.61. The first-order valence-corrected chi connectivity index (χ1v) is 20.7. The van der Waals surface area contributed by atoms with Crippen molar-refractivity contribution in [2.75, 3.05) is 25.0 Å². The number of Topliss-reactive ketones (excluding diaryl/α,β-unsaturated/α-hetero) is 2. The number of amides is 4. The van der Waals surface area contributed by atoms with Gasteiger partial charge in [0.2, 0.25) is 11.8 Å². The van der Waals surface area contributed by atoms with Crippen LogP contribution in [-0.4, -0.2) is 75.7 Å². The molecule has 4 amide bonds. The summed E-state index contributed by atoms with van der Waals surface area (Å²) in [5.41, 5.74) is 7.12. The highest BCUT2D eigenvalue weighted by molar-refractivity contribution is 6.24. The number of ketones is 2. The van der Waals surface area contributed by atoms with Crippen LogP contribution in [0.3, 0.4) is 0 Å². The van der Waals surface area contributed by atoms with E-state index >= 15 is 0 Å².